The summed E-state index contributed by atoms with van der Waals surface area (Å²) < 4.78 is 1.79. The zero-order chi connectivity index (χ0) is 17.4. The summed E-state index contributed by atoms with van der Waals surface area (Å²) in [5, 5.41) is 18.2. The summed E-state index contributed by atoms with van der Waals surface area (Å²) in [5.74, 6) is 0. The molecule has 122 valence electrons. The number of fused-ring (bicyclic) bond motifs is 2. The molecule has 4 aromatic rings. The average molecular weight is 328 g/mol. The van der Waals surface area contributed by atoms with Crippen molar-refractivity contribution in [2.24, 2.45) is 0 Å². The summed E-state index contributed by atoms with van der Waals surface area (Å²) in [6.45, 7) is 4.61. The average Bonchev–Trinajstić information content (AvgIpc) is 3.08. The van der Waals surface area contributed by atoms with Crippen molar-refractivity contribution in [1.29, 1.82) is 5.26 Å². The van der Waals surface area contributed by atoms with E-state index in [4.69, 9.17) is 0 Å². The Labute approximate surface area is 144 Å². The Morgan fingerprint density at radius 3 is 2.88 bits per heavy atom. The minimum Gasteiger partial charge on any atom is -0.378 e. The van der Waals surface area contributed by atoms with Gasteiger partial charge in [-0.2, -0.15) is 10.4 Å². The molecule has 0 fully saturated rings. The van der Waals surface area contributed by atoms with Crippen LogP contribution in [0.5, 0.6) is 0 Å². The highest BCUT2D eigenvalue weighted by molar-refractivity contribution is 5.96. The minimum atomic E-state index is 0.529. The third-order valence-electron chi connectivity index (χ3n) is 4.24. The summed E-state index contributed by atoms with van der Waals surface area (Å²) in [7, 11) is 0. The molecule has 0 amide bonds. The molecule has 0 aliphatic carbocycles. The van der Waals surface area contributed by atoms with E-state index in [0.717, 1.165) is 39.1 Å². The second kappa shape index (κ2) is 5.87. The van der Waals surface area contributed by atoms with Crippen molar-refractivity contribution < 1.29 is 0 Å². The van der Waals surface area contributed by atoms with E-state index in [1.165, 1.54) is 0 Å². The van der Waals surface area contributed by atoms with Gasteiger partial charge in [0.15, 0.2) is 5.65 Å². The maximum absolute atomic E-state index is 9.49. The van der Waals surface area contributed by atoms with Gasteiger partial charge in [-0.3, -0.25) is 4.98 Å². The topological polar surface area (TPSA) is 78.9 Å². The quantitative estimate of drug-likeness (QED) is 0.624. The van der Waals surface area contributed by atoms with Gasteiger partial charge in [0.05, 0.1) is 35.2 Å². The molecule has 3 heterocycles. The van der Waals surface area contributed by atoms with E-state index in [-0.39, 0.29) is 0 Å². The SMILES string of the molecule is Cc1cc(C)c2ncc(C#N)c(NCc3ccnc4ccnn34)c2c1. The van der Waals surface area contributed by atoms with E-state index in [9.17, 15) is 5.26 Å². The van der Waals surface area contributed by atoms with Gasteiger partial charge in [0.2, 0.25) is 0 Å². The normalized spacial score (nSPS) is 10.9. The lowest BCUT2D eigenvalue weighted by atomic mass is 10.0. The Bertz CT molecular complexity index is 1140. The molecule has 1 aromatic carbocycles. The van der Waals surface area contributed by atoms with E-state index in [1.54, 1.807) is 23.1 Å². The molecule has 0 radical (unpaired) electrons. The molecule has 0 saturated heterocycles. The highest BCUT2D eigenvalue weighted by atomic mass is 15.3. The van der Waals surface area contributed by atoms with Crippen molar-refractivity contribution >= 4 is 22.2 Å². The zero-order valence-corrected chi connectivity index (χ0v) is 14.0. The third kappa shape index (κ3) is 2.56. The van der Waals surface area contributed by atoms with E-state index in [0.29, 0.717) is 12.1 Å². The van der Waals surface area contributed by atoms with Gasteiger partial charge < -0.3 is 5.32 Å². The van der Waals surface area contributed by atoms with Crippen LogP contribution in [-0.4, -0.2) is 19.6 Å². The van der Waals surface area contributed by atoms with Crippen molar-refractivity contribution in [2.75, 3.05) is 5.32 Å². The standard InChI is InChI=1S/C19H16N6/c1-12-7-13(2)18-16(8-12)19(14(9-20)10-22-18)23-11-15-3-5-21-17-4-6-24-25(15)17/h3-8,10H,11H2,1-2H3,(H,22,23). The van der Waals surface area contributed by atoms with Crippen molar-refractivity contribution in [2.45, 2.75) is 20.4 Å². The molecular weight excluding hydrogens is 312 g/mol. The molecule has 4 rings (SSSR count). The third-order valence-corrected chi connectivity index (χ3v) is 4.24. The fourth-order valence-electron chi connectivity index (χ4n) is 3.13. The van der Waals surface area contributed by atoms with Crippen LogP contribution in [0.25, 0.3) is 16.6 Å². The van der Waals surface area contributed by atoms with Gasteiger partial charge in [0.1, 0.15) is 6.07 Å². The van der Waals surface area contributed by atoms with E-state index >= 15 is 0 Å². The molecule has 6 nitrogen and oxygen atoms in total. The van der Waals surface area contributed by atoms with Gasteiger partial charge in [-0.05, 0) is 31.5 Å². The lowest BCUT2D eigenvalue weighted by Crippen LogP contribution is -2.08. The maximum atomic E-state index is 9.49. The molecule has 6 heteroatoms. The van der Waals surface area contributed by atoms with Crippen LogP contribution < -0.4 is 5.32 Å². The van der Waals surface area contributed by atoms with Crippen molar-refractivity contribution in [3.63, 3.8) is 0 Å². The molecule has 3 aromatic heterocycles. The number of nitriles is 1. The minimum absolute atomic E-state index is 0.529. The molecular formula is C19H16N6. The number of anilines is 1. The van der Waals surface area contributed by atoms with Gasteiger partial charge in [-0.15, -0.1) is 0 Å². The Balaban J connectivity index is 1.81. The molecule has 0 bridgehead atoms. The first-order chi connectivity index (χ1) is 12.2. The molecule has 1 N–H and O–H groups in total. The molecule has 0 aliphatic rings. The number of nitrogens with one attached hydrogen (secondary N) is 1. The number of rotatable bonds is 3. The fraction of sp³-hybridized carbons (Fsp3) is 0.158. The van der Waals surface area contributed by atoms with Gasteiger partial charge in [-0.25, -0.2) is 9.50 Å². The van der Waals surface area contributed by atoms with Crippen molar-refractivity contribution in [3.05, 3.63) is 65.2 Å². The van der Waals surface area contributed by atoms with Gasteiger partial charge >= 0.3 is 0 Å². The maximum Gasteiger partial charge on any atom is 0.155 e. The molecule has 0 atom stereocenters. The molecule has 0 aliphatic heterocycles. The van der Waals surface area contributed by atoms with Gasteiger partial charge in [-0.1, -0.05) is 11.6 Å². The number of hydrogen-bond donors (Lipinski definition) is 1. The van der Waals surface area contributed by atoms with Crippen LogP contribution >= 0.6 is 0 Å². The Morgan fingerprint density at radius 2 is 2.04 bits per heavy atom. The zero-order valence-electron chi connectivity index (χ0n) is 14.0. The largest absolute Gasteiger partial charge is 0.378 e. The highest BCUT2D eigenvalue weighted by Gasteiger charge is 2.12. The van der Waals surface area contributed by atoms with E-state index in [2.05, 4.69) is 38.6 Å². The summed E-state index contributed by atoms with van der Waals surface area (Å²) in [6, 6.07) is 10.2. The monoisotopic (exact) mass is 328 g/mol. The summed E-state index contributed by atoms with van der Waals surface area (Å²) >= 11 is 0. The van der Waals surface area contributed by atoms with Gasteiger partial charge in [0, 0.05) is 23.8 Å². The lowest BCUT2D eigenvalue weighted by molar-refractivity contribution is 0.854. The Morgan fingerprint density at radius 1 is 1.16 bits per heavy atom. The van der Waals surface area contributed by atoms with Crippen LogP contribution in [0.3, 0.4) is 0 Å². The first kappa shape index (κ1) is 15.1. The Kier molecular flexibility index (Phi) is 3.55. The molecule has 0 unspecified atom stereocenters. The van der Waals surface area contributed by atoms with E-state index < -0.39 is 0 Å². The van der Waals surface area contributed by atoms with Crippen LogP contribution in [0.2, 0.25) is 0 Å². The van der Waals surface area contributed by atoms with Crippen LogP contribution in [0.4, 0.5) is 5.69 Å². The predicted molar refractivity (Wildman–Crippen MR) is 96.2 cm³/mol. The second-order valence-corrected chi connectivity index (χ2v) is 6.03. The number of hydrogen-bond acceptors (Lipinski definition) is 5. The van der Waals surface area contributed by atoms with Gasteiger partial charge in [0.25, 0.3) is 0 Å². The van der Waals surface area contributed by atoms with E-state index in [1.807, 2.05) is 26.0 Å². The number of benzene rings is 1. The Hall–Kier alpha value is -3.46. The predicted octanol–water partition coefficient (Wildman–Crippen LogP) is 3.38. The van der Waals surface area contributed by atoms with Crippen LogP contribution in [0.1, 0.15) is 22.4 Å². The van der Waals surface area contributed by atoms with Crippen molar-refractivity contribution in [3.8, 4) is 6.07 Å². The summed E-state index contributed by atoms with van der Waals surface area (Å²) in [6.07, 6.45) is 5.11. The smallest absolute Gasteiger partial charge is 0.155 e. The molecule has 0 spiro atoms. The highest BCUT2D eigenvalue weighted by Crippen LogP contribution is 2.29. The fourth-order valence-corrected chi connectivity index (χ4v) is 3.13. The van der Waals surface area contributed by atoms with Crippen LogP contribution in [-0.2, 0) is 6.54 Å². The number of aromatic nitrogens is 4. The number of pyridine rings is 1. The summed E-state index contributed by atoms with van der Waals surface area (Å²) in [5.41, 5.74) is 6.24. The first-order valence-corrected chi connectivity index (χ1v) is 7.99. The molecule has 0 saturated carbocycles. The number of aryl methyl sites for hydroxylation is 2. The second-order valence-electron chi connectivity index (χ2n) is 6.03. The van der Waals surface area contributed by atoms with Crippen molar-refractivity contribution in [1.82, 2.24) is 19.6 Å². The lowest BCUT2D eigenvalue weighted by Gasteiger charge is -2.14. The molecule has 25 heavy (non-hydrogen) atoms. The number of nitrogens with zero attached hydrogens (tertiary/aromatic N) is 5. The summed E-state index contributed by atoms with van der Waals surface area (Å²) in [4.78, 5) is 8.73. The van der Waals surface area contributed by atoms with Crippen LogP contribution in [0, 0.1) is 25.2 Å². The first-order valence-electron chi connectivity index (χ1n) is 7.99. The van der Waals surface area contributed by atoms with Crippen LogP contribution in [0.15, 0.2) is 42.9 Å².